The summed E-state index contributed by atoms with van der Waals surface area (Å²) in [5.41, 5.74) is 7.42. The van der Waals surface area contributed by atoms with Crippen molar-refractivity contribution >= 4 is 0 Å². The Morgan fingerprint density at radius 2 is 2.21 bits per heavy atom. The van der Waals surface area contributed by atoms with Crippen LogP contribution in [0.2, 0.25) is 0 Å². The molecule has 0 saturated carbocycles. The van der Waals surface area contributed by atoms with Crippen LogP contribution >= 0.6 is 0 Å². The first-order chi connectivity index (χ1) is 9.29. The van der Waals surface area contributed by atoms with E-state index in [0.717, 1.165) is 23.3 Å². The predicted octanol–water partition coefficient (Wildman–Crippen LogP) is 1.35. The molecule has 0 atom stereocenters. The van der Waals surface area contributed by atoms with Crippen molar-refractivity contribution in [2.24, 2.45) is 12.8 Å². The van der Waals surface area contributed by atoms with Crippen LogP contribution in [-0.2, 0) is 13.5 Å². The molecule has 0 spiro atoms. The van der Waals surface area contributed by atoms with Crippen LogP contribution in [0.4, 0.5) is 0 Å². The monoisotopic (exact) mass is 255 g/mol. The zero-order chi connectivity index (χ0) is 13.5. The van der Waals surface area contributed by atoms with Crippen molar-refractivity contribution in [3.8, 4) is 17.6 Å². The van der Waals surface area contributed by atoms with Crippen LogP contribution in [0, 0.1) is 11.8 Å². The summed E-state index contributed by atoms with van der Waals surface area (Å²) in [5, 5.41) is 4.13. The normalized spacial score (nSPS) is 9.79. The van der Waals surface area contributed by atoms with E-state index in [0.29, 0.717) is 13.2 Å². The van der Waals surface area contributed by atoms with E-state index in [1.807, 2.05) is 43.7 Å². The first-order valence-electron chi connectivity index (χ1n) is 6.18. The van der Waals surface area contributed by atoms with Crippen LogP contribution in [0.15, 0.2) is 36.7 Å². The number of ether oxygens (including phenoxy) is 1. The molecule has 1 aromatic carbocycles. The molecule has 19 heavy (non-hydrogen) atoms. The Hall–Kier alpha value is -2.25. The summed E-state index contributed by atoms with van der Waals surface area (Å²) < 4.78 is 7.55. The number of aryl methyl sites for hydroxylation is 1. The average molecular weight is 255 g/mol. The fraction of sp³-hybridized carbons (Fsp3) is 0.267. The third kappa shape index (κ3) is 3.87. The largest absolute Gasteiger partial charge is 0.492 e. The quantitative estimate of drug-likeness (QED) is 0.839. The lowest BCUT2D eigenvalue weighted by Crippen LogP contribution is -2.02. The van der Waals surface area contributed by atoms with Crippen LogP contribution in [-0.4, -0.2) is 22.9 Å². The Balaban J connectivity index is 1.95. The smallest absolute Gasteiger partial charge is 0.134 e. The molecule has 4 heteroatoms. The maximum Gasteiger partial charge on any atom is 0.134 e. The third-order valence-electron chi connectivity index (χ3n) is 2.62. The van der Waals surface area contributed by atoms with E-state index in [1.165, 1.54) is 0 Å². The highest BCUT2D eigenvalue weighted by Gasteiger charge is 2.01. The number of rotatable bonds is 4. The SMILES string of the molecule is Cn1cc(CCOc2ccccc2C#CCN)cn1. The Morgan fingerprint density at radius 3 is 2.95 bits per heavy atom. The Labute approximate surface area is 113 Å². The van der Waals surface area contributed by atoms with Gasteiger partial charge in [0.1, 0.15) is 5.75 Å². The number of para-hydroxylation sites is 1. The molecular weight excluding hydrogens is 238 g/mol. The predicted molar refractivity (Wildman–Crippen MR) is 74.8 cm³/mol. The zero-order valence-corrected chi connectivity index (χ0v) is 11.0. The molecule has 1 aromatic heterocycles. The van der Waals surface area contributed by atoms with E-state index < -0.39 is 0 Å². The van der Waals surface area contributed by atoms with Gasteiger partial charge >= 0.3 is 0 Å². The first-order valence-corrected chi connectivity index (χ1v) is 6.18. The van der Waals surface area contributed by atoms with Gasteiger partial charge in [0, 0.05) is 19.7 Å². The fourth-order valence-corrected chi connectivity index (χ4v) is 1.72. The molecule has 0 unspecified atom stereocenters. The standard InChI is InChI=1S/C15H17N3O/c1-18-12-13(11-17-18)8-10-19-15-7-3-2-5-14(15)6-4-9-16/h2-3,5,7,11-12H,8-10,16H2,1H3. The molecule has 2 N–H and O–H groups in total. The van der Waals surface area contributed by atoms with E-state index in [1.54, 1.807) is 4.68 Å². The highest BCUT2D eigenvalue weighted by atomic mass is 16.5. The molecule has 0 saturated heterocycles. The molecule has 0 amide bonds. The van der Waals surface area contributed by atoms with Gasteiger partial charge in [-0.3, -0.25) is 4.68 Å². The van der Waals surface area contributed by atoms with Crippen molar-refractivity contribution in [2.45, 2.75) is 6.42 Å². The topological polar surface area (TPSA) is 53.1 Å². The van der Waals surface area contributed by atoms with Gasteiger partial charge in [0.15, 0.2) is 0 Å². The molecule has 2 aromatic rings. The van der Waals surface area contributed by atoms with Crippen molar-refractivity contribution in [2.75, 3.05) is 13.2 Å². The van der Waals surface area contributed by atoms with Crippen molar-refractivity contribution < 1.29 is 4.74 Å². The molecular formula is C15H17N3O. The Morgan fingerprint density at radius 1 is 1.37 bits per heavy atom. The number of aromatic nitrogens is 2. The maximum atomic E-state index is 5.77. The van der Waals surface area contributed by atoms with Gasteiger partial charge in [0.2, 0.25) is 0 Å². The molecule has 0 aliphatic heterocycles. The van der Waals surface area contributed by atoms with Gasteiger partial charge in [-0.25, -0.2) is 0 Å². The number of hydrogen-bond acceptors (Lipinski definition) is 3. The second-order valence-corrected chi connectivity index (χ2v) is 4.12. The molecule has 1 heterocycles. The second-order valence-electron chi connectivity index (χ2n) is 4.12. The van der Waals surface area contributed by atoms with Crippen molar-refractivity contribution in [1.82, 2.24) is 9.78 Å². The second kappa shape index (κ2) is 6.62. The lowest BCUT2D eigenvalue weighted by Gasteiger charge is -2.07. The summed E-state index contributed by atoms with van der Waals surface area (Å²) in [5.74, 6) is 6.65. The number of nitrogens with zero attached hydrogens (tertiary/aromatic N) is 2. The third-order valence-corrected chi connectivity index (χ3v) is 2.62. The van der Waals surface area contributed by atoms with Crippen LogP contribution in [0.3, 0.4) is 0 Å². The van der Waals surface area contributed by atoms with Gasteiger partial charge in [-0.05, 0) is 17.7 Å². The number of hydrogen-bond donors (Lipinski definition) is 1. The van der Waals surface area contributed by atoms with E-state index in [9.17, 15) is 0 Å². The van der Waals surface area contributed by atoms with Crippen LogP contribution in [0.25, 0.3) is 0 Å². The lowest BCUT2D eigenvalue weighted by molar-refractivity contribution is 0.321. The lowest BCUT2D eigenvalue weighted by atomic mass is 10.2. The van der Waals surface area contributed by atoms with Gasteiger partial charge < -0.3 is 10.5 Å². The van der Waals surface area contributed by atoms with Gasteiger partial charge in [-0.1, -0.05) is 24.0 Å². The first kappa shape index (κ1) is 13.2. The van der Waals surface area contributed by atoms with E-state index in [2.05, 4.69) is 16.9 Å². The Kier molecular flexibility index (Phi) is 4.60. The molecule has 0 aliphatic rings. The van der Waals surface area contributed by atoms with E-state index in [-0.39, 0.29) is 0 Å². The summed E-state index contributed by atoms with van der Waals surface area (Å²) in [6.45, 7) is 0.955. The van der Waals surface area contributed by atoms with Crippen molar-refractivity contribution in [1.29, 1.82) is 0 Å². The fourth-order valence-electron chi connectivity index (χ4n) is 1.72. The molecule has 0 radical (unpaired) electrons. The van der Waals surface area contributed by atoms with E-state index in [4.69, 9.17) is 10.5 Å². The Bertz CT molecular complexity index is 593. The summed E-state index contributed by atoms with van der Waals surface area (Å²) in [4.78, 5) is 0. The molecule has 0 fully saturated rings. The minimum absolute atomic E-state index is 0.351. The molecule has 4 nitrogen and oxygen atoms in total. The van der Waals surface area contributed by atoms with Gasteiger partial charge in [0.05, 0.1) is 24.9 Å². The van der Waals surface area contributed by atoms with Crippen LogP contribution < -0.4 is 10.5 Å². The summed E-state index contributed by atoms with van der Waals surface area (Å²) in [6.07, 6.45) is 4.67. The number of benzene rings is 1. The van der Waals surface area contributed by atoms with Gasteiger partial charge in [-0.2, -0.15) is 5.10 Å². The molecule has 0 aliphatic carbocycles. The van der Waals surface area contributed by atoms with Gasteiger partial charge in [0.25, 0.3) is 0 Å². The summed E-state index contributed by atoms with van der Waals surface area (Å²) >= 11 is 0. The molecule has 2 rings (SSSR count). The van der Waals surface area contributed by atoms with Crippen LogP contribution in [0.5, 0.6) is 5.75 Å². The minimum atomic E-state index is 0.351. The highest BCUT2D eigenvalue weighted by Crippen LogP contribution is 2.16. The van der Waals surface area contributed by atoms with E-state index >= 15 is 0 Å². The molecule has 0 bridgehead atoms. The van der Waals surface area contributed by atoms with Gasteiger partial charge in [-0.15, -0.1) is 0 Å². The van der Waals surface area contributed by atoms with Crippen LogP contribution in [0.1, 0.15) is 11.1 Å². The summed E-state index contributed by atoms with van der Waals surface area (Å²) in [6, 6.07) is 7.73. The maximum absolute atomic E-state index is 5.77. The zero-order valence-electron chi connectivity index (χ0n) is 11.0. The average Bonchev–Trinajstić information content (AvgIpc) is 2.83. The summed E-state index contributed by atoms with van der Waals surface area (Å²) in [7, 11) is 1.90. The minimum Gasteiger partial charge on any atom is -0.492 e. The molecule has 98 valence electrons. The number of nitrogens with two attached hydrogens (primary N) is 1. The van der Waals surface area contributed by atoms with Crippen molar-refractivity contribution in [3.63, 3.8) is 0 Å². The highest BCUT2D eigenvalue weighted by molar-refractivity contribution is 5.45. The van der Waals surface area contributed by atoms with Crippen molar-refractivity contribution in [3.05, 3.63) is 47.8 Å².